The maximum Gasteiger partial charge on any atom is 0.243 e. The number of para-hydroxylation sites is 1. The average Bonchev–Trinajstić information content (AvgIpc) is 2.79. The Balaban J connectivity index is 1.46. The molecule has 0 unspecified atom stereocenters. The molecule has 1 heterocycles. The van der Waals surface area contributed by atoms with Crippen molar-refractivity contribution in [2.24, 2.45) is 0 Å². The summed E-state index contributed by atoms with van der Waals surface area (Å²) in [7, 11) is -0.224. The molecule has 0 amide bonds. The quantitative estimate of drug-likeness (QED) is 0.653. The van der Waals surface area contributed by atoms with Crippen LogP contribution in [0.15, 0.2) is 65.6 Å². The van der Waals surface area contributed by atoms with E-state index in [0.29, 0.717) is 23.7 Å². The van der Waals surface area contributed by atoms with Crippen LogP contribution in [0.3, 0.4) is 0 Å². The monoisotopic (exact) mass is 427 g/mol. The van der Waals surface area contributed by atoms with Crippen LogP contribution in [0.2, 0.25) is 0 Å². The molecule has 3 aromatic carbocycles. The van der Waals surface area contributed by atoms with Crippen LogP contribution in [0.4, 0.5) is 0 Å². The van der Waals surface area contributed by atoms with Crippen molar-refractivity contribution in [1.29, 1.82) is 0 Å². The number of nitrogens with one attached hydrogen (secondary N) is 1. The van der Waals surface area contributed by atoms with Crippen molar-refractivity contribution in [1.82, 2.24) is 4.31 Å². The van der Waals surface area contributed by atoms with Gasteiger partial charge in [-0.2, -0.15) is 4.31 Å². The molecule has 7 heteroatoms. The highest BCUT2D eigenvalue weighted by atomic mass is 32.2. The molecule has 0 radical (unpaired) electrons. The molecule has 0 spiro atoms. The van der Waals surface area contributed by atoms with E-state index in [0.717, 1.165) is 41.7 Å². The number of rotatable bonds is 6. The first-order valence-corrected chi connectivity index (χ1v) is 11.5. The van der Waals surface area contributed by atoms with Crippen molar-refractivity contribution in [2.45, 2.75) is 11.4 Å². The molecule has 1 N–H and O–H groups in total. The number of methoxy groups -OCH3 is 2. The highest BCUT2D eigenvalue weighted by molar-refractivity contribution is 7.89. The Morgan fingerprint density at radius 2 is 1.63 bits per heavy atom. The van der Waals surface area contributed by atoms with Crippen LogP contribution in [-0.4, -0.2) is 53.1 Å². The molecule has 30 heavy (non-hydrogen) atoms. The molecule has 0 aliphatic carbocycles. The Morgan fingerprint density at radius 3 is 2.33 bits per heavy atom. The second-order valence-corrected chi connectivity index (χ2v) is 9.43. The van der Waals surface area contributed by atoms with E-state index in [1.165, 1.54) is 4.90 Å². The van der Waals surface area contributed by atoms with Crippen LogP contribution >= 0.6 is 0 Å². The Hall–Kier alpha value is -2.61. The van der Waals surface area contributed by atoms with Crippen LogP contribution in [0.25, 0.3) is 10.8 Å². The third-order valence-corrected chi connectivity index (χ3v) is 7.61. The summed E-state index contributed by atoms with van der Waals surface area (Å²) in [5, 5.41) is 1.98. The summed E-state index contributed by atoms with van der Waals surface area (Å²) >= 11 is 0. The molecule has 6 nitrogen and oxygen atoms in total. The zero-order chi connectivity index (χ0) is 21.1. The van der Waals surface area contributed by atoms with Gasteiger partial charge in [0.05, 0.1) is 50.9 Å². The van der Waals surface area contributed by atoms with Crippen molar-refractivity contribution >= 4 is 20.8 Å². The van der Waals surface area contributed by atoms with Gasteiger partial charge in [0.1, 0.15) is 6.54 Å². The standard InChI is InChI=1S/C23H26N2O4S/c1-28-22-9-5-8-20(23(22)29-2)17-24-12-14-25(15-13-24)30(26,27)21-11-10-18-6-3-4-7-19(18)16-21/h3-11,16H,12-15,17H2,1-2H3/p+1. The number of piperazine rings is 1. The fourth-order valence-electron chi connectivity index (χ4n) is 4.06. The maximum absolute atomic E-state index is 13.2. The van der Waals surface area contributed by atoms with Gasteiger partial charge in [0, 0.05) is 0 Å². The molecule has 0 saturated carbocycles. The third kappa shape index (κ3) is 4.01. The van der Waals surface area contributed by atoms with Crippen molar-refractivity contribution in [3.8, 4) is 11.5 Å². The highest BCUT2D eigenvalue weighted by Crippen LogP contribution is 2.30. The van der Waals surface area contributed by atoms with Crippen LogP contribution < -0.4 is 14.4 Å². The van der Waals surface area contributed by atoms with Crippen molar-refractivity contribution in [2.75, 3.05) is 40.4 Å². The molecule has 0 atom stereocenters. The van der Waals surface area contributed by atoms with E-state index < -0.39 is 10.0 Å². The summed E-state index contributed by atoms with van der Waals surface area (Å²) in [5.41, 5.74) is 1.07. The first-order chi connectivity index (χ1) is 14.5. The third-order valence-electron chi connectivity index (χ3n) is 5.71. The maximum atomic E-state index is 13.2. The lowest BCUT2D eigenvalue weighted by Crippen LogP contribution is -3.13. The van der Waals surface area contributed by atoms with E-state index in [-0.39, 0.29) is 0 Å². The molecule has 1 aliphatic heterocycles. The highest BCUT2D eigenvalue weighted by Gasteiger charge is 2.31. The van der Waals surface area contributed by atoms with E-state index in [9.17, 15) is 8.42 Å². The summed E-state index contributed by atoms with van der Waals surface area (Å²) in [6, 6.07) is 19.0. The van der Waals surface area contributed by atoms with Crippen molar-refractivity contribution in [3.05, 3.63) is 66.2 Å². The number of fused-ring (bicyclic) bond motifs is 1. The molecule has 1 aliphatic rings. The lowest BCUT2D eigenvalue weighted by molar-refractivity contribution is -0.917. The van der Waals surface area contributed by atoms with Crippen molar-refractivity contribution in [3.63, 3.8) is 0 Å². The van der Waals surface area contributed by atoms with Crippen LogP contribution in [0.5, 0.6) is 11.5 Å². The molecular formula is C23H27N2O4S+. The summed E-state index contributed by atoms with van der Waals surface area (Å²) in [6.45, 7) is 3.25. The first-order valence-electron chi connectivity index (χ1n) is 10.1. The zero-order valence-corrected chi connectivity index (χ0v) is 18.1. The van der Waals surface area contributed by atoms with Gasteiger partial charge in [0.2, 0.25) is 10.0 Å². The minimum atomic E-state index is -3.50. The van der Waals surface area contributed by atoms with Gasteiger partial charge >= 0.3 is 0 Å². The summed E-state index contributed by atoms with van der Waals surface area (Å²) in [6.07, 6.45) is 0. The number of sulfonamides is 1. The van der Waals surface area contributed by atoms with Gasteiger partial charge in [-0.05, 0) is 35.0 Å². The van der Waals surface area contributed by atoms with Crippen LogP contribution in [0, 0.1) is 0 Å². The Labute approximate surface area is 177 Å². The van der Waals surface area contributed by atoms with Gasteiger partial charge in [-0.15, -0.1) is 0 Å². The lowest BCUT2D eigenvalue weighted by atomic mass is 10.1. The van der Waals surface area contributed by atoms with Gasteiger partial charge in [-0.3, -0.25) is 0 Å². The van der Waals surface area contributed by atoms with Gasteiger partial charge in [0.15, 0.2) is 11.5 Å². The second kappa shape index (κ2) is 8.63. The average molecular weight is 428 g/mol. The summed E-state index contributed by atoms with van der Waals surface area (Å²) < 4.78 is 38.8. The Bertz CT molecular complexity index is 1140. The molecule has 1 saturated heterocycles. The first kappa shape index (κ1) is 20.7. The minimum Gasteiger partial charge on any atom is -0.493 e. The predicted octanol–water partition coefficient (Wildman–Crippen LogP) is 1.95. The smallest absolute Gasteiger partial charge is 0.243 e. The van der Waals surface area contributed by atoms with E-state index in [2.05, 4.69) is 0 Å². The minimum absolute atomic E-state index is 0.360. The SMILES string of the molecule is COc1cccc(C[NH+]2CCN(S(=O)(=O)c3ccc4ccccc4c3)CC2)c1OC. The van der Waals surface area contributed by atoms with Gasteiger partial charge in [-0.25, -0.2) is 8.42 Å². The second-order valence-electron chi connectivity index (χ2n) is 7.49. The van der Waals surface area contributed by atoms with Gasteiger partial charge in [0.25, 0.3) is 0 Å². The van der Waals surface area contributed by atoms with E-state index in [4.69, 9.17) is 9.47 Å². The topological polar surface area (TPSA) is 60.3 Å². The predicted molar refractivity (Wildman–Crippen MR) is 117 cm³/mol. The summed E-state index contributed by atoms with van der Waals surface area (Å²) in [5.74, 6) is 1.46. The van der Waals surface area contributed by atoms with Crippen molar-refractivity contribution < 1.29 is 22.8 Å². The molecular weight excluding hydrogens is 400 g/mol. The number of nitrogens with zero attached hydrogens (tertiary/aromatic N) is 1. The molecule has 158 valence electrons. The largest absolute Gasteiger partial charge is 0.493 e. The number of benzene rings is 3. The molecule has 4 rings (SSSR count). The van der Waals surface area contributed by atoms with E-state index in [1.54, 1.807) is 30.7 Å². The summed E-state index contributed by atoms with van der Waals surface area (Å²) in [4.78, 5) is 1.69. The molecule has 3 aromatic rings. The van der Waals surface area contributed by atoms with Crippen LogP contribution in [-0.2, 0) is 16.6 Å². The fourth-order valence-corrected chi connectivity index (χ4v) is 5.54. The number of hydrogen-bond donors (Lipinski definition) is 1. The Kier molecular flexibility index (Phi) is 5.94. The fraction of sp³-hybridized carbons (Fsp3) is 0.304. The lowest BCUT2D eigenvalue weighted by Gasteiger charge is -2.32. The van der Waals surface area contributed by atoms with E-state index >= 15 is 0 Å². The number of hydrogen-bond acceptors (Lipinski definition) is 4. The number of ether oxygens (including phenoxy) is 2. The Morgan fingerprint density at radius 1 is 0.900 bits per heavy atom. The van der Waals surface area contributed by atoms with Crippen LogP contribution in [0.1, 0.15) is 5.56 Å². The molecule has 1 fully saturated rings. The van der Waals surface area contributed by atoms with Gasteiger partial charge < -0.3 is 14.4 Å². The van der Waals surface area contributed by atoms with Gasteiger partial charge in [-0.1, -0.05) is 36.4 Å². The number of quaternary nitrogens is 1. The van der Waals surface area contributed by atoms with E-state index in [1.807, 2.05) is 48.5 Å². The molecule has 0 bridgehead atoms. The molecule has 0 aromatic heterocycles. The normalized spacial score (nSPS) is 15.9. The zero-order valence-electron chi connectivity index (χ0n) is 17.3.